The quantitative estimate of drug-likeness (QED) is 0.888. The van der Waals surface area contributed by atoms with Crippen LogP contribution in [-0.2, 0) is 4.79 Å². The van der Waals surface area contributed by atoms with E-state index in [1.165, 1.54) is 13.2 Å². The van der Waals surface area contributed by atoms with Crippen molar-refractivity contribution in [2.24, 2.45) is 0 Å². The third-order valence-electron chi connectivity index (χ3n) is 3.66. The Labute approximate surface area is 118 Å². The van der Waals surface area contributed by atoms with Crippen molar-refractivity contribution in [3.63, 3.8) is 0 Å². The SMILES string of the molecule is COc1ccc(C(C)NC2CCCCNC2=O)cc1F. The largest absolute Gasteiger partial charge is 0.494 e. The van der Waals surface area contributed by atoms with Gasteiger partial charge in [-0.2, -0.15) is 0 Å². The molecule has 1 saturated heterocycles. The number of hydrogen-bond donors (Lipinski definition) is 2. The molecule has 1 aliphatic heterocycles. The normalized spacial score (nSPS) is 20.9. The number of nitrogens with one attached hydrogen (secondary N) is 2. The van der Waals surface area contributed by atoms with Crippen LogP contribution in [0.1, 0.15) is 37.8 Å². The second-order valence-electron chi connectivity index (χ2n) is 5.12. The Hall–Kier alpha value is -1.62. The Morgan fingerprint density at radius 2 is 2.25 bits per heavy atom. The number of benzene rings is 1. The van der Waals surface area contributed by atoms with Gasteiger partial charge in [-0.1, -0.05) is 6.07 Å². The van der Waals surface area contributed by atoms with Crippen LogP contribution in [0.15, 0.2) is 18.2 Å². The summed E-state index contributed by atoms with van der Waals surface area (Å²) in [6.07, 6.45) is 2.84. The maximum atomic E-state index is 13.7. The first-order valence-electron chi connectivity index (χ1n) is 6.99. The maximum Gasteiger partial charge on any atom is 0.237 e. The molecule has 0 radical (unpaired) electrons. The minimum absolute atomic E-state index is 0.0309. The topological polar surface area (TPSA) is 50.4 Å². The van der Waals surface area contributed by atoms with Crippen molar-refractivity contribution in [1.29, 1.82) is 0 Å². The number of halogens is 1. The summed E-state index contributed by atoms with van der Waals surface area (Å²) in [6, 6.07) is 4.57. The molecular formula is C15H21FN2O2. The van der Waals surface area contributed by atoms with E-state index in [0.29, 0.717) is 0 Å². The summed E-state index contributed by atoms with van der Waals surface area (Å²) in [7, 11) is 1.44. The molecule has 2 N–H and O–H groups in total. The van der Waals surface area contributed by atoms with Gasteiger partial charge in [-0.3, -0.25) is 10.1 Å². The summed E-state index contributed by atoms with van der Waals surface area (Å²) < 4.78 is 18.6. The average Bonchev–Trinajstić information content (AvgIpc) is 2.64. The zero-order valence-electron chi connectivity index (χ0n) is 11.9. The van der Waals surface area contributed by atoms with E-state index in [2.05, 4.69) is 10.6 Å². The predicted molar refractivity (Wildman–Crippen MR) is 75.2 cm³/mol. The van der Waals surface area contributed by atoms with E-state index in [1.807, 2.05) is 13.0 Å². The van der Waals surface area contributed by atoms with Gasteiger partial charge in [0.2, 0.25) is 5.91 Å². The Kier molecular flexibility index (Phi) is 4.95. The molecule has 0 spiro atoms. The second-order valence-corrected chi connectivity index (χ2v) is 5.12. The average molecular weight is 280 g/mol. The van der Waals surface area contributed by atoms with Crippen molar-refractivity contribution in [2.75, 3.05) is 13.7 Å². The highest BCUT2D eigenvalue weighted by atomic mass is 19.1. The van der Waals surface area contributed by atoms with Gasteiger partial charge in [0.15, 0.2) is 11.6 Å². The van der Waals surface area contributed by atoms with Gasteiger partial charge >= 0.3 is 0 Å². The molecule has 0 aliphatic carbocycles. The van der Waals surface area contributed by atoms with Crippen LogP contribution in [0.25, 0.3) is 0 Å². The number of carbonyl (C=O) groups is 1. The van der Waals surface area contributed by atoms with Crippen molar-refractivity contribution < 1.29 is 13.9 Å². The molecule has 0 aromatic heterocycles. The summed E-state index contributed by atoms with van der Waals surface area (Å²) >= 11 is 0. The molecule has 2 atom stereocenters. The number of carbonyl (C=O) groups excluding carboxylic acids is 1. The van der Waals surface area contributed by atoms with Gasteiger partial charge in [0, 0.05) is 12.6 Å². The smallest absolute Gasteiger partial charge is 0.237 e. The van der Waals surface area contributed by atoms with Gasteiger partial charge in [-0.05, 0) is 43.9 Å². The van der Waals surface area contributed by atoms with Crippen molar-refractivity contribution in [3.05, 3.63) is 29.6 Å². The summed E-state index contributed by atoms with van der Waals surface area (Å²) in [6.45, 7) is 2.67. The monoisotopic (exact) mass is 280 g/mol. The zero-order chi connectivity index (χ0) is 14.5. The van der Waals surface area contributed by atoms with Crippen LogP contribution in [0, 0.1) is 5.82 Å². The lowest BCUT2D eigenvalue weighted by atomic mass is 10.0. The van der Waals surface area contributed by atoms with Crippen LogP contribution >= 0.6 is 0 Å². The summed E-state index contributed by atoms with van der Waals surface area (Å²) in [5, 5.41) is 6.16. The number of hydrogen-bond acceptors (Lipinski definition) is 3. The molecule has 110 valence electrons. The van der Waals surface area contributed by atoms with Crippen LogP contribution < -0.4 is 15.4 Å². The van der Waals surface area contributed by atoms with E-state index >= 15 is 0 Å². The summed E-state index contributed by atoms with van der Waals surface area (Å²) in [5.74, 6) is -0.125. The third-order valence-corrected chi connectivity index (χ3v) is 3.66. The van der Waals surface area contributed by atoms with E-state index in [-0.39, 0.29) is 29.6 Å². The molecule has 4 nitrogen and oxygen atoms in total. The highest BCUT2D eigenvalue weighted by Gasteiger charge is 2.22. The first kappa shape index (κ1) is 14.8. The Morgan fingerprint density at radius 1 is 1.45 bits per heavy atom. The fraction of sp³-hybridized carbons (Fsp3) is 0.533. The van der Waals surface area contributed by atoms with Crippen LogP contribution in [0.3, 0.4) is 0 Å². The molecule has 1 fully saturated rings. The fourth-order valence-electron chi connectivity index (χ4n) is 2.45. The third kappa shape index (κ3) is 3.48. The predicted octanol–water partition coefficient (Wildman–Crippen LogP) is 2.15. The van der Waals surface area contributed by atoms with Gasteiger partial charge in [-0.25, -0.2) is 4.39 Å². The molecule has 5 heteroatoms. The maximum absolute atomic E-state index is 13.7. The number of rotatable bonds is 4. The Morgan fingerprint density at radius 3 is 2.95 bits per heavy atom. The zero-order valence-corrected chi connectivity index (χ0v) is 11.9. The molecule has 2 unspecified atom stereocenters. The fourth-order valence-corrected chi connectivity index (χ4v) is 2.45. The van der Waals surface area contributed by atoms with E-state index in [0.717, 1.165) is 31.4 Å². The second kappa shape index (κ2) is 6.70. The molecule has 0 saturated carbocycles. The van der Waals surface area contributed by atoms with Crippen LogP contribution in [0.5, 0.6) is 5.75 Å². The molecule has 1 heterocycles. The van der Waals surface area contributed by atoms with Crippen LogP contribution in [0.2, 0.25) is 0 Å². The van der Waals surface area contributed by atoms with Gasteiger partial charge in [0.25, 0.3) is 0 Å². The minimum Gasteiger partial charge on any atom is -0.494 e. The molecule has 20 heavy (non-hydrogen) atoms. The molecule has 2 rings (SSSR count). The standard InChI is InChI=1S/C15H21FN2O2/c1-10(11-6-7-14(20-2)12(16)9-11)18-13-5-3-4-8-17-15(13)19/h6-7,9-10,13,18H,3-5,8H2,1-2H3,(H,17,19). The van der Waals surface area contributed by atoms with E-state index in [9.17, 15) is 9.18 Å². The van der Waals surface area contributed by atoms with E-state index in [1.54, 1.807) is 6.07 Å². The Bertz CT molecular complexity index is 479. The van der Waals surface area contributed by atoms with Crippen LogP contribution in [-0.4, -0.2) is 25.6 Å². The number of ether oxygens (including phenoxy) is 1. The number of methoxy groups -OCH3 is 1. The lowest BCUT2D eigenvalue weighted by Crippen LogP contribution is -2.43. The molecule has 0 bridgehead atoms. The first-order chi connectivity index (χ1) is 9.61. The Balaban J connectivity index is 2.05. The van der Waals surface area contributed by atoms with Crippen molar-refractivity contribution in [2.45, 2.75) is 38.3 Å². The highest BCUT2D eigenvalue weighted by Crippen LogP contribution is 2.22. The first-order valence-corrected chi connectivity index (χ1v) is 6.99. The van der Waals surface area contributed by atoms with Crippen molar-refractivity contribution in [1.82, 2.24) is 10.6 Å². The van der Waals surface area contributed by atoms with Crippen molar-refractivity contribution >= 4 is 5.91 Å². The summed E-state index contributed by atoms with van der Waals surface area (Å²) in [4.78, 5) is 11.9. The van der Waals surface area contributed by atoms with Crippen LogP contribution in [0.4, 0.5) is 4.39 Å². The molecular weight excluding hydrogens is 259 g/mol. The minimum atomic E-state index is -0.385. The summed E-state index contributed by atoms with van der Waals surface area (Å²) in [5.41, 5.74) is 0.806. The highest BCUT2D eigenvalue weighted by molar-refractivity contribution is 5.81. The van der Waals surface area contributed by atoms with E-state index < -0.39 is 0 Å². The lowest BCUT2D eigenvalue weighted by Gasteiger charge is -2.21. The van der Waals surface area contributed by atoms with Crippen molar-refractivity contribution in [3.8, 4) is 5.75 Å². The van der Waals surface area contributed by atoms with Gasteiger partial charge in [0.1, 0.15) is 0 Å². The number of amides is 1. The van der Waals surface area contributed by atoms with Gasteiger partial charge in [0.05, 0.1) is 13.2 Å². The molecule has 1 amide bonds. The lowest BCUT2D eigenvalue weighted by molar-refractivity contribution is -0.123. The molecule has 1 aromatic carbocycles. The van der Waals surface area contributed by atoms with Gasteiger partial charge in [-0.15, -0.1) is 0 Å². The molecule has 1 aromatic rings. The van der Waals surface area contributed by atoms with Gasteiger partial charge < -0.3 is 10.1 Å². The molecule has 1 aliphatic rings. The van der Waals surface area contributed by atoms with E-state index in [4.69, 9.17) is 4.74 Å².